The molecular weight excluding hydrogens is 132 g/mol. The van der Waals surface area contributed by atoms with Crippen molar-refractivity contribution >= 4 is 0 Å². The molecule has 4 heteroatoms. The van der Waals surface area contributed by atoms with E-state index < -0.39 is 5.60 Å². The Balaban J connectivity index is 2.20. The van der Waals surface area contributed by atoms with Gasteiger partial charge in [-0.1, -0.05) is 0 Å². The van der Waals surface area contributed by atoms with Crippen LogP contribution in [0.1, 0.15) is 12.8 Å². The Kier molecular flexibility index (Phi) is 2.25. The third kappa shape index (κ3) is 1.46. The van der Waals surface area contributed by atoms with Gasteiger partial charge >= 0.3 is 0 Å². The average Bonchev–Trinajstić information content (AvgIpc) is 1.83. The van der Waals surface area contributed by atoms with Gasteiger partial charge in [0, 0.05) is 13.2 Å². The maximum atomic E-state index is 9.49. The number of ether oxygens (including phenoxy) is 1. The van der Waals surface area contributed by atoms with Crippen LogP contribution in [0.4, 0.5) is 0 Å². The van der Waals surface area contributed by atoms with E-state index in [2.05, 4.69) is 5.43 Å². The molecule has 0 saturated heterocycles. The Hall–Kier alpha value is -0.160. The van der Waals surface area contributed by atoms with Crippen molar-refractivity contribution in [3.8, 4) is 0 Å². The third-order valence-corrected chi connectivity index (χ3v) is 1.90. The van der Waals surface area contributed by atoms with Gasteiger partial charge in [-0.25, -0.2) is 0 Å². The van der Waals surface area contributed by atoms with Gasteiger partial charge in [-0.3, -0.25) is 11.3 Å². The number of nitrogens with two attached hydrogens (primary N) is 1. The van der Waals surface area contributed by atoms with Crippen molar-refractivity contribution in [1.82, 2.24) is 5.43 Å². The van der Waals surface area contributed by atoms with E-state index >= 15 is 0 Å². The zero-order valence-electron chi connectivity index (χ0n) is 6.13. The molecule has 4 N–H and O–H groups in total. The lowest BCUT2D eigenvalue weighted by atomic mass is 9.77. The number of rotatable bonds is 3. The molecule has 0 unspecified atom stereocenters. The Morgan fingerprint density at radius 3 is 2.80 bits per heavy atom. The fraction of sp³-hybridized carbons (Fsp3) is 1.00. The van der Waals surface area contributed by atoms with Gasteiger partial charge < -0.3 is 9.84 Å². The van der Waals surface area contributed by atoms with Gasteiger partial charge in [0.1, 0.15) is 0 Å². The molecule has 1 aliphatic rings. The predicted octanol–water partition coefficient (Wildman–Crippen LogP) is -1.01. The second kappa shape index (κ2) is 2.84. The molecule has 0 aliphatic heterocycles. The number of nitrogens with one attached hydrogen (secondary N) is 1. The van der Waals surface area contributed by atoms with Gasteiger partial charge in [-0.15, -0.1) is 0 Å². The number of hydrazine groups is 1. The lowest BCUT2D eigenvalue weighted by Crippen LogP contribution is -2.57. The summed E-state index contributed by atoms with van der Waals surface area (Å²) in [6, 6.07) is 0.264. The summed E-state index contributed by atoms with van der Waals surface area (Å²) in [7, 11) is 1.58. The van der Waals surface area contributed by atoms with Crippen LogP contribution in [0.5, 0.6) is 0 Å². The third-order valence-electron chi connectivity index (χ3n) is 1.90. The molecule has 4 nitrogen and oxygen atoms in total. The Morgan fingerprint density at radius 1 is 1.80 bits per heavy atom. The Morgan fingerprint density at radius 2 is 2.40 bits per heavy atom. The van der Waals surface area contributed by atoms with Crippen LogP contribution in [0, 0.1) is 0 Å². The molecule has 0 atom stereocenters. The first-order chi connectivity index (χ1) is 4.70. The van der Waals surface area contributed by atoms with Crippen LogP contribution in [-0.4, -0.2) is 30.5 Å². The van der Waals surface area contributed by atoms with Crippen molar-refractivity contribution in [2.75, 3.05) is 13.7 Å². The molecule has 1 aliphatic carbocycles. The van der Waals surface area contributed by atoms with Gasteiger partial charge in [-0.05, 0) is 12.8 Å². The largest absolute Gasteiger partial charge is 0.387 e. The highest BCUT2D eigenvalue weighted by Gasteiger charge is 2.41. The van der Waals surface area contributed by atoms with Crippen molar-refractivity contribution in [2.24, 2.45) is 5.84 Å². The fourth-order valence-electron chi connectivity index (χ4n) is 1.36. The van der Waals surface area contributed by atoms with Crippen LogP contribution in [-0.2, 0) is 4.74 Å². The normalized spacial score (nSPS) is 39.3. The number of hydrogen-bond donors (Lipinski definition) is 3. The van der Waals surface area contributed by atoms with Crippen LogP contribution >= 0.6 is 0 Å². The van der Waals surface area contributed by atoms with E-state index in [0.29, 0.717) is 19.4 Å². The van der Waals surface area contributed by atoms with E-state index in [9.17, 15) is 5.11 Å². The standard InChI is InChI=1S/C6H14N2O2/c1-10-4-6(9)2-5(3-6)8-7/h5,8-9H,2-4,7H2,1H3. The predicted molar refractivity (Wildman–Crippen MR) is 37.2 cm³/mol. The maximum Gasteiger partial charge on any atom is 0.0910 e. The minimum absolute atomic E-state index is 0.264. The van der Waals surface area contributed by atoms with Crippen molar-refractivity contribution in [2.45, 2.75) is 24.5 Å². The van der Waals surface area contributed by atoms with Gasteiger partial charge in [0.15, 0.2) is 0 Å². The van der Waals surface area contributed by atoms with Crippen LogP contribution in [0.3, 0.4) is 0 Å². The molecule has 0 spiro atoms. The molecule has 0 amide bonds. The van der Waals surface area contributed by atoms with Crippen molar-refractivity contribution in [3.05, 3.63) is 0 Å². The minimum Gasteiger partial charge on any atom is -0.387 e. The van der Waals surface area contributed by atoms with Gasteiger partial charge in [0.2, 0.25) is 0 Å². The maximum absolute atomic E-state index is 9.49. The monoisotopic (exact) mass is 146 g/mol. The van der Waals surface area contributed by atoms with Crippen molar-refractivity contribution in [3.63, 3.8) is 0 Å². The van der Waals surface area contributed by atoms with Crippen LogP contribution < -0.4 is 11.3 Å². The summed E-state index contributed by atoms with van der Waals surface area (Å²) in [4.78, 5) is 0. The van der Waals surface area contributed by atoms with Gasteiger partial charge in [0.25, 0.3) is 0 Å². The summed E-state index contributed by atoms with van der Waals surface area (Å²) < 4.78 is 4.82. The number of aliphatic hydroxyl groups is 1. The number of hydrogen-bond acceptors (Lipinski definition) is 4. The Bertz CT molecular complexity index is 112. The van der Waals surface area contributed by atoms with E-state index in [1.165, 1.54) is 0 Å². The molecule has 0 bridgehead atoms. The molecule has 1 rings (SSSR count). The molecule has 10 heavy (non-hydrogen) atoms. The second-order valence-corrected chi connectivity index (χ2v) is 2.93. The first kappa shape index (κ1) is 7.94. The summed E-state index contributed by atoms with van der Waals surface area (Å²) in [5, 5.41) is 9.49. The van der Waals surface area contributed by atoms with Crippen molar-refractivity contribution < 1.29 is 9.84 Å². The van der Waals surface area contributed by atoms with Crippen LogP contribution in [0.25, 0.3) is 0 Å². The molecule has 0 heterocycles. The smallest absolute Gasteiger partial charge is 0.0910 e. The van der Waals surface area contributed by atoms with Crippen LogP contribution in [0.15, 0.2) is 0 Å². The molecule has 1 fully saturated rings. The summed E-state index contributed by atoms with van der Waals surface area (Å²) in [6.45, 7) is 0.408. The molecule has 60 valence electrons. The zero-order chi connectivity index (χ0) is 7.61. The van der Waals surface area contributed by atoms with E-state index in [-0.39, 0.29) is 6.04 Å². The summed E-state index contributed by atoms with van der Waals surface area (Å²) in [6.07, 6.45) is 1.38. The molecule has 0 aromatic heterocycles. The first-order valence-electron chi connectivity index (χ1n) is 3.38. The van der Waals surface area contributed by atoms with E-state index in [0.717, 1.165) is 0 Å². The average molecular weight is 146 g/mol. The zero-order valence-corrected chi connectivity index (χ0v) is 6.13. The first-order valence-corrected chi connectivity index (χ1v) is 3.38. The van der Waals surface area contributed by atoms with E-state index in [4.69, 9.17) is 10.6 Å². The van der Waals surface area contributed by atoms with E-state index in [1.54, 1.807) is 7.11 Å². The molecule has 1 saturated carbocycles. The van der Waals surface area contributed by atoms with Crippen LogP contribution in [0.2, 0.25) is 0 Å². The number of methoxy groups -OCH3 is 1. The lowest BCUT2D eigenvalue weighted by Gasteiger charge is -2.42. The molecular formula is C6H14N2O2. The van der Waals surface area contributed by atoms with E-state index in [1.807, 2.05) is 0 Å². The summed E-state index contributed by atoms with van der Waals surface area (Å²) in [5.41, 5.74) is 1.98. The summed E-state index contributed by atoms with van der Waals surface area (Å²) >= 11 is 0. The van der Waals surface area contributed by atoms with Gasteiger partial charge in [-0.2, -0.15) is 0 Å². The van der Waals surface area contributed by atoms with Crippen molar-refractivity contribution in [1.29, 1.82) is 0 Å². The summed E-state index contributed by atoms with van der Waals surface area (Å²) in [5.74, 6) is 5.15. The molecule has 0 radical (unpaired) electrons. The highest BCUT2D eigenvalue weighted by Crippen LogP contribution is 2.31. The topological polar surface area (TPSA) is 67.5 Å². The second-order valence-electron chi connectivity index (χ2n) is 2.93. The molecule has 0 aromatic rings. The minimum atomic E-state index is -0.619. The highest BCUT2D eigenvalue weighted by molar-refractivity contribution is 4.97. The highest BCUT2D eigenvalue weighted by atomic mass is 16.5. The fourth-order valence-corrected chi connectivity index (χ4v) is 1.36. The quantitative estimate of drug-likeness (QED) is 0.352. The molecule has 0 aromatic carbocycles. The Labute approximate surface area is 60.3 Å². The SMILES string of the molecule is COCC1(O)CC(NN)C1. The van der Waals surface area contributed by atoms with Gasteiger partial charge in [0.05, 0.1) is 12.2 Å². The lowest BCUT2D eigenvalue weighted by molar-refractivity contribution is -0.102.